The minimum absolute atomic E-state index is 0. The standard InChI is InChI=1S/C21H42N2O.ClH/c1-7-9-10-11-12-13-14-15-16-18(21(5,6)22)19(8-2)23-20(24)17(3)4;/h18-19H,3,7-16,22H2,1-2,4-6H3,(H,23,24);1H. The highest BCUT2D eigenvalue weighted by molar-refractivity contribution is 5.92. The van der Waals surface area contributed by atoms with Crippen molar-refractivity contribution in [2.75, 3.05) is 0 Å². The van der Waals surface area contributed by atoms with Crippen molar-refractivity contribution in [1.29, 1.82) is 0 Å². The first kappa shape index (κ1) is 26.7. The minimum Gasteiger partial charge on any atom is -0.349 e. The maximum absolute atomic E-state index is 12.0. The van der Waals surface area contributed by atoms with Crippen LogP contribution in [0.5, 0.6) is 0 Å². The summed E-state index contributed by atoms with van der Waals surface area (Å²) in [6.45, 7) is 14.0. The van der Waals surface area contributed by atoms with Crippen LogP contribution in [0.3, 0.4) is 0 Å². The first-order chi connectivity index (χ1) is 11.2. The van der Waals surface area contributed by atoms with Crippen LogP contribution in [0.15, 0.2) is 12.2 Å². The fourth-order valence-corrected chi connectivity index (χ4v) is 3.37. The Morgan fingerprint density at radius 3 is 1.92 bits per heavy atom. The van der Waals surface area contributed by atoms with E-state index >= 15 is 0 Å². The van der Waals surface area contributed by atoms with Gasteiger partial charge >= 0.3 is 0 Å². The number of hydrogen-bond donors (Lipinski definition) is 2. The average molecular weight is 375 g/mol. The highest BCUT2D eigenvalue weighted by atomic mass is 35.5. The van der Waals surface area contributed by atoms with E-state index in [2.05, 4.69) is 39.6 Å². The van der Waals surface area contributed by atoms with Crippen molar-refractivity contribution >= 4 is 18.3 Å². The molecule has 0 aromatic carbocycles. The van der Waals surface area contributed by atoms with Crippen LogP contribution in [0.25, 0.3) is 0 Å². The van der Waals surface area contributed by atoms with Gasteiger partial charge in [0.15, 0.2) is 0 Å². The highest BCUT2D eigenvalue weighted by Crippen LogP contribution is 2.26. The van der Waals surface area contributed by atoms with Crippen molar-refractivity contribution in [2.45, 2.75) is 110 Å². The van der Waals surface area contributed by atoms with Crippen LogP contribution in [-0.4, -0.2) is 17.5 Å². The monoisotopic (exact) mass is 374 g/mol. The van der Waals surface area contributed by atoms with Crippen molar-refractivity contribution in [2.24, 2.45) is 11.7 Å². The van der Waals surface area contributed by atoms with E-state index in [4.69, 9.17) is 5.73 Å². The Morgan fingerprint density at radius 2 is 1.52 bits per heavy atom. The molecular formula is C21H43ClN2O. The number of nitrogens with one attached hydrogen (secondary N) is 1. The van der Waals surface area contributed by atoms with Gasteiger partial charge in [-0.25, -0.2) is 0 Å². The maximum atomic E-state index is 12.0. The van der Waals surface area contributed by atoms with E-state index in [1.165, 1.54) is 51.4 Å². The molecule has 2 unspecified atom stereocenters. The molecule has 25 heavy (non-hydrogen) atoms. The normalized spacial score (nSPS) is 13.7. The van der Waals surface area contributed by atoms with E-state index in [0.29, 0.717) is 11.5 Å². The van der Waals surface area contributed by atoms with Crippen molar-refractivity contribution in [3.05, 3.63) is 12.2 Å². The SMILES string of the molecule is C=C(C)C(=O)NC(CC)C(CCCCCCCCCC)C(C)(C)N.Cl. The summed E-state index contributed by atoms with van der Waals surface area (Å²) in [5.41, 5.74) is 6.71. The third-order valence-electron chi connectivity index (χ3n) is 4.95. The van der Waals surface area contributed by atoms with E-state index < -0.39 is 0 Å². The summed E-state index contributed by atoms with van der Waals surface area (Å²) >= 11 is 0. The van der Waals surface area contributed by atoms with Gasteiger partial charge in [-0.2, -0.15) is 0 Å². The summed E-state index contributed by atoms with van der Waals surface area (Å²) in [4.78, 5) is 12.0. The lowest BCUT2D eigenvalue weighted by Gasteiger charge is -2.37. The molecule has 0 aromatic heterocycles. The van der Waals surface area contributed by atoms with Gasteiger partial charge in [-0.15, -0.1) is 12.4 Å². The van der Waals surface area contributed by atoms with Gasteiger partial charge < -0.3 is 11.1 Å². The third-order valence-corrected chi connectivity index (χ3v) is 4.95. The Hall–Kier alpha value is -0.540. The molecule has 0 aliphatic heterocycles. The lowest BCUT2D eigenvalue weighted by molar-refractivity contribution is -0.118. The second-order valence-corrected chi connectivity index (χ2v) is 7.96. The van der Waals surface area contributed by atoms with E-state index in [-0.39, 0.29) is 29.9 Å². The number of hydrogen-bond acceptors (Lipinski definition) is 2. The summed E-state index contributed by atoms with van der Waals surface area (Å²) in [5, 5.41) is 3.13. The zero-order chi connectivity index (χ0) is 18.6. The number of rotatable bonds is 14. The van der Waals surface area contributed by atoms with E-state index in [0.717, 1.165) is 12.8 Å². The topological polar surface area (TPSA) is 55.1 Å². The molecule has 0 fully saturated rings. The minimum atomic E-state index is -0.288. The molecule has 3 N–H and O–H groups in total. The average Bonchev–Trinajstić information content (AvgIpc) is 2.50. The fraction of sp³-hybridized carbons (Fsp3) is 0.857. The second kappa shape index (κ2) is 14.6. The predicted molar refractivity (Wildman–Crippen MR) is 113 cm³/mol. The van der Waals surface area contributed by atoms with Gasteiger partial charge in [0.05, 0.1) is 0 Å². The molecule has 0 radical (unpaired) electrons. The molecule has 0 saturated heterocycles. The number of unbranched alkanes of at least 4 members (excludes halogenated alkanes) is 7. The number of nitrogens with two attached hydrogens (primary N) is 1. The van der Waals surface area contributed by atoms with Gasteiger partial charge in [0.25, 0.3) is 0 Å². The van der Waals surface area contributed by atoms with Gasteiger partial charge in [0.1, 0.15) is 0 Å². The van der Waals surface area contributed by atoms with Crippen LogP contribution >= 0.6 is 12.4 Å². The summed E-state index contributed by atoms with van der Waals surface area (Å²) in [6, 6.07) is 0.124. The van der Waals surface area contributed by atoms with Crippen molar-refractivity contribution in [3.63, 3.8) is 0 Å². The predicted octanol–water partition coefficient (Wildman–Crippen LogP) is 5.76. The van der Waals surface area contributed by atoms with Crippen molar-refractivity contribution < 1.29 is 4.79 Å². The molecule has 0 rings (SSSR count). The van der Waals surface area contributed by atoms with Gasteiger partial charge in [-0.05, 0) is 39.5 Å². The quantitative estimate of drug-likeness (QED) is 0.300. The van der Waals surface area contributed by atoms with Crippen LogP contribution in [0.1, 0.15) is 98.8 Å². The van der Waals surface area contributed by atoms with Gasteiger partial charge in [-0.3, -0.25) is 4.79 Å². The van der Waals surface area contributed by atoms with Crippen LogP contribution in [0.4, 0.5) is 0 Å². The number of amides is 1. The molecule has 0 saturated carbocycles. The number of carbonyl (C=O) groups excluding carboxylic acids is 1. The zero-order valence-corrected chi connectivity index (χ0v) is 18.1. The smallest absolute Gasteiger partial charge is 0.246 e. The molecular weight excluding hydrogens is 332 g/mol. The number of halogens is 1. The largest absolute Gasteiger partial charge is 0.349 e. The highest BCUT2D eigenvalue weighted by Gasteiger charge is 2.32. The van der Waals surface area contributed by atoms with Crippen molar-refractivity contribution in [1.82, 2.24) is 5.32 Å². The number of carbonyl (C=O) groups is 1. The lowest BCUT2D eigenvalue weighted by Crippen LogP contribution is -2.52. The first-order valence-electron chi connectivity index (χ1n) is 9.99. The summed E-state index contributed by atoms with van der Waals surface area (Å²) in [6.07, 6.45) is 12.5. The molecule has 0 heterocycles. The van der Waals surface area contributed by atoms with E-state index in [9.17, 15) is 4.79 Å². The molecule has 0 bridgehead atoms. The van der Waals surface area contributed by atoms with Gasteiger partial charge in [0.2, 0.25) is 5.91 Å². The van der Waals surface area contributed by atoms with Crippen molar-refractivity contribution in [3.8, 4) is 0 Å². The molecule has 2 atom stereocenters. The van der Waals surface area contributed by atoms with Gasteiger partial charge in [-0.1, -0.05) is 71.8 Å². The van der Waals surface area contributed by atoms with Gasteiger partial charge in [0, 0.05) is 17.2 Å². The van der Waals surface area contributed by atoms with Crippen LogP contribution < -0.4 is 11.1 Å². The zero-order valence-electron chi connectivity index (χ0n) is 17.3. The first-order valence-corrected chi connectivity index (χ1v) is 9.99. The second-order valence-electron chi connectivity index (χ2n) is 7.96. The Labute approximate surface area is 163 Å². The van der Waals surface area contributed by atoms with Crippen LogP contribution in [0.2, 0.25) is 0 Å². The summed E-state index contributed by atoms with van der Waals surface area (Å²) < 4.78 is 0. The van der Waals surface area contributed by atoms with Crippen LogP contribution in [0, 0.1) is 5.92 Å². The molecule has 3 nitrogen and oxygen atoms in total. The van der Waals surface area contributed by atoms with Crippen LogP contribution in [-0.2, 0) is 4.79 Å². The Balaban J connectivity index is 0. The molecule has 150 valence electrons. The molecule has 0 aliphatic carbocycles. The maximum Gasteiger partial charge on any atom is 0.246 e. The Bertz CT molecular complexity index is 363. The third kappa shape index (κ3) is 12.4. The molecule has 0 aliphatic rings. The molecule has 4 heteroatoms. The molecule has 0 aromatic rings. The Morgan fingerprint density at radius 1 is 1.04 bits per heavy atom. The lowest BCUT2D eigenvalue weighted by atomic mass is 9.78. The fourth-order valence-electron chi connectivity index (χ4n) is 3.37. The Kier molecular flexibility index (Phi) is 15.6. The molecule has 1 amide bonds. The molecule has 0 spiro atoms. The summed E-state index contributed by atoms with van der Waals surface area (Å²) in [5.74, 6) is 0.248. The summed E-state index contributed by atoms with van der Waals surface area (Å²) in [7, 11) is 0. The van der Waals surface area contributed by atoms with E-state index in [1.807, 2.05) is 0 Å². The van der Waals surface area contributed by atoms with E-state index in [1.54, 1.807) is 6.92 Å².